The van der Waals surface area contributed by atoms with E-state index in [0.717, 1.165) is 6.42 Å². The van der Waals surface area contributed by atoms with Gasteiger partial charge in [0.1, 0.15) is 5.78 Å². The Bertz CT molecular complexity index is 101. The van der Waals surface area contributed by atoms with Gasteiger partial charge in [0, 0.05) is 0 Å². The van der Waals surface area contributed by atoms with E-state index in [1.54, 1.807) is 0 Å². The lowest BCUT2D eigenvalue weighted by Gasteiger charge is -2.12. The van der Waals surface area contributed by atoms with E-state index in [1.807, 2.05) is 13.8 Å². The van der Waals surface area contributed by atoms with Crippen molar-refractivity contribution in [3.05, 3.63) is 0 Å². The van der Waals surface area contributed by atoms with E-state index in [0.29, 0.717) is 0 Å². The molecule has 0 bridgehead atoms. The molecule has 2 atom stereocenters. The topological polar surface area (TPSA) is 40.9 Å². The normalized spacial score (nSPS) is 16.9. The molecule has 1 radical (unpaired) electrons. The Balaban J connectivity index is 3.72. The third-order valence-electron chi connectivity index (χ3n) is 1.65. The van der Waals surface area contributed by atoms with Crippen LogP contribution in [0.3, 0.4) is 0 Å². The molecule has 2 heteroatoms. The van der Waals surface area contributed by atoms with Crippen LogP contribution in [-0.2, 0) is 4.79 Å². The molecule has 0 aromatic heterocycles. The SMILES string of the molecule is CCC(C)[C@H]([NH])C(C)=O. The van der Waals surface area contributed by atoms with Gasteiger partial charge in [0.15, 0.2) is 0 Å². The second-order valence-corrected chi connectivity index (χ2v) is 2.47. The summed E-state index contributed by atoms with van der Waals surface area (Å²) in [4.78, 5) is 10.6. The lowest BCUT2D eigenvalue weighted by atomic mass is 9.97. The average molecular weight is 128 g/mol. The van der Waals surface area contributed by atoms with Crippen LogP contribution in [0.2, 0.25) is 0 Å². The second-order valence-electron chi connectivity index (χ2n) is 2.47. The summed E-state index contributed by atoms with van der Waals surface area (Å²) in [6.07, 6.45) is 0.910. The van der Waals surface area contributed by atoms with Gasteiger partial charge in [-0.1, -0.05) is 20.3 Å². The van der Waals surface area contributed by atoms with Gasteiger partial charge in [-0.25, -0.2) is 5.73 Å². The van der Waals surface area contributed by atoms with E-state index < -0.39 is 6.04 Å². The Morgan fingerprint density at radius 2 is 2.11 bits per heavy atom. The molecule has 0 aromatic carbocycles. The zero-order valence-electron chi connectivity index (χ0n) is 6.27. The molecule has 0 spiro atoms. The first-order chi connectivity index (χ1) is 4.09. The van der Waals surface area contributed by atoms with Gasteiger partial charge >= 0.3 is 0 Å². The Labute approximate surface area is 56.4 Å². The monoisotopic (exact) mass is 128 g/mol. The van der Waals surface area contributed by atoms with Crippen LogP contribution in [0.5, 0.6) is 0 Å². The van der Waals surface area contributed by atoms with Gasteiger partial charge in [0.25, 0.3) is 0 Å². The summed E-state index contributed by atoms with van der Waals surface area (Å²) in [6, 6.07) is -0.505. The van der Waals surface area contributed by atoms with Gasteiger partial charge in [-0.2, -0.15) is 0 Å². The average Bonchev–Trinajstić information content (AvgIpc) is 1.84. The van der Waals surface area contributed by atoms with Crippen LogP contribution >= 0.6 is 0 Å². The van der Waals surface area contributed by atoms with Crippen molar-refractivity contribution in [3.8, 4) is 0 Å². The molecule has 9 heavy (non-hydrogen) atoms. The van der Waals surface area contributed by atoms with E-state index in [1.165, 1.54) is 6.92 Å². The van der Waals surface area contributed by atoms with Crippen LogP contribution in [0.1, 0.15) is 27.2 Å². The summed E-state index contributed by atoms with van der Waals surface area (Å²) in [6.45, 7) is 5.40. The molecule has 0 saturated carbocycles. The zero-order valence-corrected chi connectivity index (χ0v) is 6.27. The van der Waals surface area contributed by atoms with Gasteiger partial charge < -0.3 is 0 Å². The highest BCUT2D eigenvalue weighted by atomic mass is 16.1. The first kappa shape index (κ1) is 8.63. The number of hydrogen-bond acceptors (Lipinski definition) is 1. The van der Waals surface area contributed by atoms with Crippen LogP contribution in [0.25, 0.3) is 0 Å². The van der Waals surface area contributed by atoms with Gasteiger partial charge in [-0.15, -0.1) is 0 Å². The van der Waals surface area contributed by atoms with Crippen molar-refractivity contribution < 1.29 is 4.79 Å². The molecule has 0 amide bonds. The molecule has 1 unspecified atom stereocenters. The van der Waals surface area contributed by atoms with Gasteiger partial charge in [0.05, 0.1) is 6.04 Å². The minimum Gasteiger partial charge on any atom is -0.298 e. The fourth-order valence-electron chi connectivity index (χ4n) is 0.636. The lowest BCUT2D eigenvalue weighted by Crippen LogP contribution is -2.26. The van der Waals surface area contributed by atoms with Crippen molar-refractivity contribution in [2.24, 2.45) is 5.92 Å². The fourth-order valence-corrected chi connectivity index (χ4v) is 0.636. The summed E-state index contributed by atoms with van der Waals surface area (Å²) >= 11 is 0. The molecule has 0 aliphatic heterocycles. The van der Waals surface area contributed by atoms with Crippen molar-refractivity contribution in [1.82, 2.24) is 5.73 Å². The molecule has 0 rings (SSSR count). The van der Waals surface area contributed by atoms with Crippen LogP contribution in [0, 0.1) is 5.92 Å². The highest BCUT2D eigenvalue weighted by Gasteiger charge is 2.14. The molecule has 1 N–H and O–H groups in total. The molecular weight excluding hydrogens is 114 g/mol. The van der Waals surface area contributed by atoms with Crippen molar-refractivity contribution in [2.75, 3.05) is 0 Å². The van der Waals surface area contributed by atoms with Crippen LogP contribution in [0.15, 0.2) is 0 Å². The third kappa shape index (κ3) is 2.61. The first-order valence-electron chi connectivity index (χ1n) is 3.31. The van der Waals surface area contributed by atoms with E-state index >= 15 is 0 Å². The summed E-state index contributed by atoms with van der Waals surface area (Å²) in [5.41, 5.74) is 7.28. The predicted octanol–water partition coefficient (Wildman–Crippen LogP) is 1.27. The smallest absolute Gasteiger partial charge is 0.148 e. The Hall–Kier alpha value is -0.370. The fraction of sp³-hybridized carbons (Fsp3) is 0.857. The lowest BCUT2D eigenvalue weighted by molar-refractivity contribution is -0.119. The zero-order chi connectivity index (χ0) is 7.44. The molecule has 0 fully saturated rings. The van der Waals surface area contributed by atoms with E-state index in [9.17, 15) is 4.79 Å². The summed E-state index contributed by atoms with van der Waals surface area (Å²) in [5, 5.41) is 0. The number of ketones is 1. The Kier molecular flexibility index (Phi) is 3.47. The maximum Gasteiger partial charge on any atom is 0.148 e. The van der Waals surface area contributed by atoms with E-state index in [2.05, 4.69) is 0 Å². The standard InChI is InChI=1S/C7H14NO/c1-4-5(2)7(8)6(3)9/h5,7-8H,4H2,1-3H3/t5?,7-/m0/s1. The number of rotatable bonds is 3. The van der Waals surface area contributed by atoms with Crippen molar-refractivity contribution in [1.29, 1.82) is 0 Å². The summed E-state index contributed by atoms with van der Waals surface area (Å²) in [7, 11) is 0. The maximum absolute atomic E-state index is 10.6. The van der Waals surface area contributed by atoms with Gasteiger partial charge in [0.2, 0.25) is 0 Å². The molecular formula is C7H14NO. The number of carbonyl (C=O) groups excluding carboxylic acids is 1. The largest absolute Gasteiger partial charge is 0.298 e. The van der Waals surface area contributed by atoms with Crippen LogP contribution in [0.4, 0.5) is 0 Å². The summed E-state index contributed by atoms with van der Waals surface area (Å²) < 4.78 is 0. The molecule has 2 nitrogen and oxygen atoms in total. The number of carbonyl (C=O) groups is 1. The van der Waals surface area contributed by atoms with Crippen LogP contribution < -0.4 is 5.73 Å². The molecule has 0 aliphatic carbocycles. The highest BCUT2D eigenvalue weighted by Crippen LogP contribution is 2.06. The minimum absolute atomic E-state index is 0.0237. The quantitative estimate of drug-likeness (QED) is 0.564. The molecule has 0 aliphatic rings. The van der Waals surface area contributed by atoms with Gasteiger partial charge in [-0.3, -0.25) is 4.79 Å². The molecule has 0 saturated heterocycles. The second kappa shape index (κ2) is 3.62. The minimum atomic E-state index is -0.505. The molecule has 0 heterocycles. The molecule has 53 valence electrons. The molecule has 0 aromatic rings. The Morgan fingerprint density at radius 3 is 2.22 bits per heavy atom. The number of hydrogen-bond donors (Lipinski definition) is 0. The first-order valence-corrected chi connectivity index (χ1v) is 3.31. The van der Waals surface area contributed by atoms with Crippen molar-refractivity contribution >= 4 is 5.78 Å². The van der Waals surface area contributed by atoms with E-state index in [-0.39, 0.29) is 11.7 Å². The van der Waals surface area contributed by atoms with Crippen molar-refractivity contribution in [2.45, 2.75) is 33.2 Å². The number of Topliss-reactive ketones (excluding diaryl/α,β-unsaturated/α-hetero) is 1. The highest BCUT2D eigenvalue weighted by molar-refractivity contribution is 5.81. The van der Waals surface area contributed by atoms with E-state index in [4.69, 9.17) is 5.73 Å². The third-order valence-corrected chi connectivity index (χ3v) is 1.65. The number of nitrogens with one attached hydrogen (secondary N) is 1. The van der Waals surface area contributed by atoms with Crippen LogP contribution in [-0.4, -0.2) is 11.8 Å². The predicted molar refractivity (Wildman–Crippen MR) is 37.0 cm³/mol. The Morgan fingerprint density at radius 1 is 1.67 bits per heavy atom. The summed E-state index contributed by atoms with van der Waals surface area (Å²) in [5.74, 6) is 0.187. The van der Waals surface area contributed by atoms with Gasteiger partial charge in [-0.05, 0) is 12.8 Å². The van der Waals surface area contributed by atoms with Crippen molar-refractivity contribution in [3.63, 3.8) is 0 Å². The maximum atomic E-state index is 10.6.